The summed E-state index contributed by atoms with van der Waals surface area (Å²) in [6.45, 7) is 8.87. The number of amides is 1. The Bertz CT molecular complexity index is 192. The molecule has 0 rings (SSSR count). The fourth-order valence-electron chi connectivity index (χ4n) is 1.25. The molecule has 1 amide bonds. The standard InChI is InChI=1S/C11H22ClNO/c1-6-9(2)7-13(5)10(14)11(3,4)8-12/h9H,6-8H2,1-5H3. The van der Waals surface area contributed by atoms with Gasteiger partial charge in [-0.25, -0.2) is 0 Å². The van der Waals surface area contributed by atoms with Gasteiger partial charge in [0.15, 0.2) is 0 Å². The molecule has 0 saturated carbocycles. The van der Waals surface area contributed by atoms with Crippen molar-refractivity contribution in [3.05, 3.63) is 0 Å². The normalized spacial score (nSPS) is 13.9. The molecule has 0 spiro atoms. The zero-order valence-corrected chi connectivity index (χ0v) is 10.7. The van der Waals surface area contributed by atoms with E-state index in [4.69, 9.17) is 11.6 Å². The second-order valence-corrected chi connectivity index (χ2v) is 4.98. The van der Waals surface area contributed by atoms with Gasteiger partial charge in [-0.2, -0.15) is 0 Å². The molecule has 0 radical (unpaired) electrons. The van der Waals surface area contributed by atoms with Crippen LogP contribution in [-0.2, 0) is 4.79 Å². The summed E-state index contributed by atoms with van der Waals surface area (Å²) in [6, 6.07) is 0. The van der Waals surface area contributed by atoms with E-state index in [0.29, 0.717) is 11.8 Å². The number of carbonyl (C=O) groups is 1. The van der Waals surface area contributed by atoms with Gasteiger partial charge in [-0.15, -0.1) is 11.6 Å². The third-order valence-corrected chi connectivity index (χ3v) is 3.21. The molecule has 1 atom stereocenters. The SMILES string of the molecule is CCC(C)CN(C)C(=O)C(C)(C)CCl. The number of rotatable bonds is 5. The van der Waals surface area contributed by atoms with Crippen LogP contribution in [0.2, 0.25) is 0 Å². The van der Waals surface area contributed by atoms with Gasteiger partial charge in [0, 0.05) is 19.5 Å². The van der Waals surface area contributed by atoms with Crippen molar-refractivity contribution < 1.29 is 4.79 Å². The number of carbonyl (C=O) groups excluding carboxylic acids is 1. The lowest BCUT2D eigenvalue weighted by atomic mass is 9.94. The van der Waals surface area contributed by atoms with E-state index in [1.807, 2.05) is 20.9 Å². The fraction of sp³-hybridized carbons (Fsp3) is 0.909. The van der Waals surface area contributed by atoms with Crippen LogP contribution in [0.4, 0.5) is 0 Å². The Morgan fingerprint density at radius 1 is 1.50 bits per heavy atom. The Morgan fingerprint density at radius 2 is 2.00 bits per heavy atom. The largest absolute Gasteiger partial charge is 0.345 e. The van der Waals surface area contributed by atoms with Crippen LogP contribution in [0.25, 0.3) is 0 Å². The van der Waals surface area contributed by atoms with Crippen molar-refractivity contribution in [2.24, 2.45) is 11.3 Å². The van der Waals surface area contributed by atoms with Crippen LogP contribution in [0.15, 0.2) is 0 Å². The molecule has 0 aromatic rings. The maximum atomic E-state index is 11.9. The maximum Gasteiger partial charge on any atom is 0.229 e. The van der Waals surface area contributed by atoms with Gasteiger partial charge in [0.2, 0.25) is 5.91 Å². The number of alkyl halides is 1. The van der Waals surface area contributed by atoms with Gasteiger partial charge in [0.05, 0.1) is 5.41 Å². The van der Waals surface area contributed by atoms with Crippen LogP contribution in [0.3, 0.4) is 0 Å². The summed E-state index contributed by atoms with van der Waals surface area (Å²) in [6.07, 6.45) is 1.10. The van der Waals surface area contributed by atoms with Crippen molar-refractivity contribution in [1.82, 2.24) is 4.90 Å². The van der Waals surface area contributed by atoms with Crippen LogP contribution in [0.5, 0.6) is 0 Å². The molecule has 0 aliphatic carbocycles. The Hall–Kier alpha value is -0.240. The Kier molecular flexibility index (Phi) is 5.50. The van der Waals surface area contributed by atoms with Crippen molar-refractivity contribution in [2.45, 2.75) is 34.1 Å². The molecule has 0 bridgehead atoms. The molecule has 0 fully saturated rings. The van der Waals surface area contributed by atoms with E-state index in [-0.39, 0.29) is 5.91 Å². The van der Waals surface area contributed by atoms with E-state index < -0.39 is 5.41 Å². The van der Waals surface area contributed by atoms with Crippen molar-refractivity contribution >= 4 is 17.5 Å². The van der Waals surface area contributed by atoms with E-state index in [9.17, 15) is 4.79 Å². The lowest BCUT2D eigenvalue weighted by Crippen LogP contribution is -2.41. The highest BCUT2D eigenvalue weighted by Crippen LogP contribution is 2.20. The van der Waals surface area contributed by atoms with Gasteiger partial charge in [-0.05, 0) is 19.8 Å². The van der Waals surface area contributed by atoms with Crippen molar-refractivity contribution in [1.29, 1.82) is 0 Å². The molecule has 0 heterocycles. The third kappa shape index (κ3) is 3.87. The van der Waals surface area contributed by atoms with E-state index in [2.05, 4.69) is 13.8 Å². The molecule has 0 aromatic heterocycles. The third-order valence-electron chi connectivity index (χ3n) is 2.54. The van der Waals surface area contributed by atoms with E-state index in [0.717, 1.165) is 13.0 Å². The van der Waals surface area contributed by atoms with Crippen molar-refractivity contribution in [3.63, 3.8) is 0 Å². The summed E-state index contributed by atoms with van der Waals surface area (Å²) in [5, 5.41) is 0. The first kappa shape index (κ1) is 13.8. The van der Waals surface area contributed by atoms with Crippen LogP contribution in [0.1, 0.15) is 34.1 Å². The van der Waals surface area contributed by atoms with E-state index in [1.165, 1.54) is 0 Å². The molecule has 2 nitrogen and oxygen atoms in total. The van der Waals surface area contributed by atoms with Crippen LogP contribution in [0, 0.1) is 11.3 Å². The maximum absolute atomic E-state index is 11.9. The van der Waals surface area contributed by atoms with Crippen LogP contribution >= 0.6 is 11.6 Å². The second kappa shape index (κ2) is 5.59. The van der Waals surface area contributed by atoms with Crippen molar-refractivity contribution in [2.75, 3.05) is 19.5 Å². The minimum absolute atomic E-state index is 0.132. The number of halogens is 1. The second-order valence-electron chi connectivity index (χ2n) is 4.72. The average molecular weight is 220 g/mol. The summed E-state index contributed by atoms with van der Waals surface area (Å²) in [5.74, 6) is 1.05. The highest BCUT2D eigenvalue weighted by Gasteiger charge is 2.29. The quantitative estimate of drug-likeness (QED) is 0.652. The molecule has 3 heteroatoms. The number of hydrogen-bond acceptors (Lipinski definition) is 1. The monoisotopic (exact) mass is 219 g/mol. The van der Waals surface area contributed by atoms with Gasteiger partial charge in [-0.1, -0.05) is 20.3 Å². The van der Waals surface area contributed by atoms with Crippen LogP contribution < -0.4 is 0 Å². The Labute approximate surface area is 92.6 Å². The predicted octanol–water partition coefficient (Wildman–Crippen LogP) is 2.76. The molecule has 0 N–H and O–H groups in total. The fourth-order valence-corrected chi connectivity index (χ4v) is 1.37. The molecular weight excluding hydrogens is 198 g/mol. The molecule has 0 aromatic carbocycles. The van der Waals surface area contributed by atoms with Gasteiger partial charge in [0.1, 0.15) is 0 Å². The Morgan fingerprint density at radius 3 is 2.36 bits per heavy atom. The first-order valence-corrected chi connectivity index (χ1v) is 5.70. The van der Waals surface area contributed by atoms with Gasteiger partial charge < -0.3 is 4.90 Å². The van der Waals surface area contributed by atoms with Gasteiger partial charge in [0.25, 0.3) is 0 Å². The summed E-state index contributed by atoms with van der Waals surface area (Å²) in [4.78, 5) is 13.7. The highest BCUT2D eigenvalue weighted by atomic mass is 35.5. The van der Waals surface area contributed by atoms with E-state index in [1.54, 1.807) is 4.90 Å². The van der Waals surface area contributed by atoms with Crippen molar-refractivity contribution in [3.8, 4) is 0 Å². The Balaban J connectivity index is 4.25. The smallest absolute Gasteiger partial charge is 0.229 e. The lowest BCUT2D eigenvalue weighted by molar-refractivity contribution is -0.138. The number of nitrogens with zero attached hydrogens (tertiary/aromatic N) is 1. The molecule has 1 unspecified atom stereocenters. The highest BCUT2D eigenvalue weighted by molar-refractivity contribution is 6.19. The molecule has 14 heavy (non-hydrogen) atoms. The topological polar surface area (TPSA) is 20.3 Å². The zero-order valence-electron chi connectivity index (χ0n) is 9.93. The predicted molar refractivity (Wildman–Crippen MR) is 61.6 cm³/mol. The number of hydrogen-bond donors (Lipinski definition) is 0. The van der Waals surface area contributed by atoms with Crippen LogP contribution in [-0.4, -0.2) is 30.3 Å². The summed E-state index contributed by atoms with van der Waals surface area (Å²) in [7, 11) is 1.85. The molecule has 0 aliphatic rings. The lowest BCUT2D eigenvalue weighted by Gasteiger charge is -2.29. The zero-order chi connectivity index (χ0) is 11.4. The first-order chi connectivity index (χ1) is 6.35. The minimum atomic E-state index is -0.441. The molecule has 0 aliphatic heterocycles. The summed E-state index contributed by atoms with van der Waals surface area (Å²) in [5.41, 5.74) is -0.441. The minimum Gasteiger partial charge on any atom is -0.345 e. The first-order valence-electron chi connectivity index (χ1n) is 5.16. The van der Waals surface area contributed by atoms with Gasteiger partial charge >= 0.3 is 0 Å². The summed E-state index contributed by atoms with van der Waals surface area (Å²) < 4.78 is 0. The van der Waals surface area contributed by atoms with Gasteiger partial charge in [-0.3, -0.25) is 4.79 Å². The average Bonchev–Trinajstić information content (AvgIpc) is 2.16. The molecule has 84 valence electrons. The van der Waals surface area contributed by atoms with E-state index >= 15 is 0 Å². The molecular formula is C11H22ClNO. The molecule has 0 saturated heterocycles. The summed E-state index contributed by atoms with van der Waals surface area (Å²) >= 11 is 5.76.